The maximum absolute atomic E-state index is 3.25. The zero-order valence-corrected chi connectivity index (χ0v) is 15.5. The van der Waals surface area contributed by atoms with Gasteiger partial charge < -0.3 is 0 Å². The van der Waals surface area contributed by atoms with Crippen molar-refractivity contribution in [3.8, 4) is 0 Å². The summed E-state index contributed by atoms with van der Waals surface area (Å²) in [5.41, 5.74) is 0. The molecule has 3 aromatic rings. The molecule has 22 heavy (non-hydrogen) atoms. The van der Waals surface area contributed by atoms with Gasteiger partial charge in [-0.25, -0.2) is 0 Å². The Labute approximate surface area is 152 Å². The molecule has 108 valence electrons. The molecule has 3 aromatic carbocycles. The Bertz CT molecular complexity index is 337. The fourth-order valence-corrected chi connectivity index (χ4v) is 1.03. The van der Waals surface area contributed by atoms with E-state index in [2.05, 4.69) is 31.7 Å². The summed E-state index contributed by atoms with van der Waals surface area (Å²) in [7, 11) is 0. The smallest absolute Gasteiger partial charge is 0 e. The number of benzene rings is 3. The van der Waals surface area contributed by atoms with Crippen LogP contribution < -0.4 is 0 Å². The van der Waals surface area contributed by atoms with Crippen molar-refractivity contribution >= 4 is 23.9 Å². The van der Waals surface area contributed by atoms with Gasteiger partial charge in [-0.1, -0.05) is 97.1 Å². The van der Waals surface area contributed by atoms with Crippen LogP contribution in [0.3, 0.4) is 0 Å². The van der Waals surface area contributed by atoms with E-state index in [1.165, 1.54) is 6.08 Å². The van der Waals surface area contributed by atoms with Crippen molar-refractivity contribution in [1.82, 2.24) is 0 Å². The second kappa shape index (κ2) is 21.5. The predicted octanol–water partition coefficient (Wildman–Crippen LogP) is 5.09. The van der Waals surface area contributed by atoms with E-state index in [1.807, 2.05) is 91.0 Å². The molecule has 0 fully saturated rings. The van der Waals surface area contributed by atoms with Crippen molar-refractivity contribution in [1.29, 1.82) is 0 Å². The van der Waals surface area contributed by atoms with Gasteiger partial charge in [-0.3, -0.25) is 0 Å². The number of allylic oxidation sites excluding steroid dienone is 1. The Kier molecular flexibility index (Phi) is 22.0. The first-order valence-corrected chi connectivity index (χ1v) is 6.55. The van der Waals surface area contributed by atoms with E-state index >= 15 is 0 Å². The molecular weight excluding hydrogens is 371 g/mol. The molecular formula is C21H20Sn. The summed E-state index contributed by atoms with van der Waals surface area (Å²) in [5, 5.41) is 0. The van der Waals surface area contributed by atoms with Crippen LogP contribution >= 0.6 is 0 Å². The summed E-state index contributed by atoms with van der Waals surface area (Å²) < 4.78 is 0. The molecule has 0 nitrogen and oxygen atoms in total. The van der Waals surface area contributed by atoms with Gasteiger partial charge >= 0.3 is 0 Å². The molecule has 0 saturated carbocycles. The second-order valence-electron chi connectivity index (χ2n) is 3.52. The standard InChI is InChI=1S/3C6H5.C3H5.Sn/c3*1-2-4-6-5-3-1;1-3-2;/h3*1-5H;3H,1-2H2;. The van der Waals surface area contributed by atoms with E-state index in [0.717, 1.165) is 0 Å². The molecule has 0 spiro atoms. The van der Waals surface area contributed by atoms with Gasteiger partial charge in [0.25, 0.3) is 0 Å². The fourth-order valence-electron chi connectivity index (χ4n) is 1.03. The van der Waals surface area contributed by atoms with Gasteiger partial charge in [0.15, 0.2) is 0 Å². The average Bonchev–Trinajstić information content (AvgIpc) is 2.61. The van der Waals surface area contributed by atoms with Gasteiger partial charge in [-0.05, 0) is 25.1 Å². The molecule has 0 saturated heterocycles. The number of rotatable bonds is 0. The monoisotopic (exact) mass is 392 g/mol. The van der Waals surface area contributed by atoms with Gasteiger partial charge in [0.1, 0.15) is 0 Å². The zero-order valence-electron chi connectivity index (χ0n) is 12.7. The Balaban J connectivity index is 0. The minimum Gasteiger partial charge on any atom is -0.103 e. The van der Waals surface area contributed by atoms with E-state index in [1.54, 1.807) is 0 Å². The summed E-state index contributed by atoms with van der Waals surface area (Å²) in [5.74, 6) is 0. The van der Waals surface area contributed by atoms with E-state index in [9.17, 15) is 0 Å². The summed E-state index contributed by atoms with van der Waals surface area (Å²) in [6, 6.07) is 37.5. The predicted molar refractivity (Wildman–Crippen MR) is 97.1 cm³/mol. The third kappa shape index (κ3) is 20.5. The Morgan fingerprint density at radius 3 is 0.727 bits per heavy atom. The van der Waals surface area contributed by atoms with Crippen LogP contribution in [0.2, 0.25) is 0 Å². The molecule has 0 N–H and O–H groups in total. The molecule has 3 rings (SSSR count). The fraction of sp³-hybridized carbons (Fsp3) is 0. The Morgan fingerprint density at radius 1 is 0.500 bits per heavy atom. The average molecular weight is 391 g/mol. The van der Waals surface area contributed by atoms with E-state index < -0.39 is 0 Å². The van der Waals surface area contributed by atoms with Crippen LogP contribution in [0.25, 0.3) is 0 Å². The van der Waals surface area contributed by atoms with Crippen LogP contribution in [-0.2, 0) is 0 Å². The van der Waals surface area contributed by atoms with Crippen molar-refractivity contribution < 1.29 is 0 Å². The molecule has 8 radical (unpaired) electrons. The maximum atomic E-state index is 3.25. The quantitative estimate of drug-likeness (QED) is 0.469. The van der Waals surface area contributed by atoms with Crippen LogP contribution in [0.15, 0.2) is 104 Å². The minimum absolute atomic E-state index is 0. The molecule has 0 bridgehead atoms. The molecule has 1 heteroatoms. The summed E-state index contributed by atoms with van der Waals surface area (Å²) in [4.78, 5) is 0. The molecule has 0 aliphatic rings. The van der Waals surface area contributed by atoms with E-state index in [0.29, 0.717) is 0 Å². The van der Waals surface area contributed by atoms with Crippen molar-refractivity contribution in [2.75, 3.05) is 0 Å². The van der Waals surface area contributed by atoms with Crippen LogP contribution in [-0.4, -0.2) is 23.9 Å². The molecule has 0 aliphatic heterocycles. The first-order valence-electron chi connectivity index (χ1n) is 6.55. The van der Waals surface area contributed by atoms with Crippen LogP contribution in [0, 0.1) is 25.1 Å². The largest absolute Gasteiger partial charge is 0.103 e. The Morgan fingerprint density at radius 2 is 0.682 bits per heavy atom. The zero-order chi connectivity index (χ0) is 15.4. The first-order chi connectivity index (χ1) is 10.4. The summed E-state index contributed by atoms with van der Waals surface area (Å²) in [6.07, 6.45) is 1.50. The molecule has 0 unspecified atom stereocenters. The number of hydrogen-bond acceptors (Lipinski definition) is 0. The second-order valence-corrected chi connectivity index (χ2v) is 3.52. The van der Waals surface area contributed by atoms with Crippen LogP contribution in [0.5, 0.6) is 0 Å². The third-order valence-electron chi connectivity index (χ3n) is 1.82. The molecule has 0 aromatic heterocycles. The minimum atomic E-state index is 0. The van der Waals surface area contributed by atoms with Crippen molar-refractivity contribution in [3.05, 3.63) is 129 Å². The van der Waals surface area contributed by atoms with E-state index in [-0.39, 0.29) is 23.9 Å². The van der Waals surface area contributed by atoms with Gasteiger partial charge in [0.05, 0.1) is 0 Å². The van der Waals surface area contributed by atoms with Crippen molar-refractivity contribution in [2.45, 2.75) is 0 Å². The summed E-state index contributed by atoms with van der Waals surface area (Å²) in [6.45, 7) is 6.50. The molecule has 0 aliphatic carbocycles. The van der Waals surface area contributed by atoms with Crippen molar-refractivity contribution in [2.24, 2.45) is 0 Å². The van der Waals surface area contributed by atoms with Gasteiger partial charge in [0, 0.05) is 23.9 Å². The SMILES string of the molecule is [CH2]C=C.[Sn].[c]1ccccc1.[c]1ccccc1.[c]1ccccc1. The maximum Gasteiger partial charge on any atom is 0 e. The van der Waals surface area contributed by atoms with Crippen LogP contribution in [0.4, 0.5) is 0 Å². The van der Waals surface area contributed by atoms with Gasteiger partial charge in [-0.2, -0.15) is 0 Å². The number of hydrogen-bond donors (Lipinski definition) is 0. The molecule has 0 heterocycles. The van der Waals surface area contributed by atoms with E-state index in [4.69, 9.17) is 0 Å². The summed E-state index contributed by atoms with van der Waals surface area (Å²) >= 11 is 0. The topological polar surface area (TPSA) is 0 Å². The van der Waals surface area contributed by atoms with Gasteiger partial charge in [0.2, 0.25) is 0 Å². The Hall–Kier alpha value is -1.80. The normalized spacial score (nSPS) is 7.14. The van der Waals surface area contributed by atoms with Gasteiger partial charge in [-0.15, -0.1) is 6.58 Å². The van der Waals surface area contributed by atoms with Crippen LogP contribution in [0.1, 0.15) is 0 Å². The first kappa shape index (κ1) is 22.5. The molecule has 0 amide bonds. The third-order valence-corrected chi connectivity index (χ3v) is 1.82. The van der Waals surface area contributed by atoms with Crippen molar-refractivity contribution in [3.63, 3.8) is 0 Å². The molecule has 0 atom stereocenters.